The average Bonchev–Trinajstić information content (AvgIpc) is 2.91. The molecule has 12 heteroatoms. The second kappa shape index (κ2) is 14.6. The third-order valence-corrected chi connectivity index (χ3v) is 9.28. The van der Waals surface area contributed by atoms with Gasteiger partial charge in [-0.25, -0.2) is 8.42 Å². The van der Waals surface area contributed by atoms with E-state index in [9.17, 15) is 18.0 Å². The number of nitrogens with zero attached hydrogens (tertiary/aromatic N) is 2. The van der Waals surface area contributed by atoms with Gasteiger partial charge in [0.2, 0.25) is 11.8 Å². The molecule has 0 aliphatic carbocycles. The van der Waals surface area contributed by atoms with Gasteiger partial charge in [-0.3, -0.25) is 13.9 Å². The highest BCUT2D eigenvalue weighted by molar-refractivity contribution is 7.92. The molecule has 0 fully saturated rings. The lowest BCUT2D eigenvalue weighted by Gasteiger charge is -2.33. The number of hydrogen-bond donors (Lipinski definition) is 1. The van der Waals surface area contributed by atoms with Crippen molar-refractivity contribution < 1.29 is 18.0 Å². The maximum Gasteiger partial charge on any atom is 0.264 e. The average molecular weight is 659 g/mol. The van der Waals surface area contributed by atoms with Crippen molar-refractivity contribution >= 4 is 73.9 Å². The van der Waals surface area contributed by atoms with Crippen LogP contribution in [0, 0.1) is 6.92 Å². The minimum absolute atomic E-state index is 0.0274. The number of rotatable bonds is 12. The normalized spacial score (nSPS) is 12.1. The Morgan fingerprint density at radius 1 is 0.902 bits per heavy atom. The van der Waals surface area contributed by atoms with Crippen LogP contribution in [0.2, 0.25) is 20.1 Å². The van der Waals surface area contributed by atoms with Crippen LogP contribution in [0.4, 0.5) is 5.69 Å². The SMILES string of the molecule is CCCNC(=O)[C@H](CC)N(Cc1c(Cl)cccc1Cl)C(=O)CN(c1cc(Cl)cc(Cl)c1)S(=O)(=O)c1ccc(C)cc1. The van der Waals surface area contributed by atoms with Crippen molar-refractivity contribution in [3.05, 3.63) is 91.9 Å². The van der Waals surface area contributed by atoms with Gasteiger partial charge in [0.1, 0.15) is 12.6 Å². The molecule has 0 saturated heterocycles. The maximum absolute atomic E-state index is 14.1. The van der Waals surface area contributed by atoms with E-state index < -0.39 is 28.5 Å². The van der Waals surface area contributed by atoms with E-state index in [1.807, 2.05) is 13.8 Å². The Morgan fingerprint density at radius 2 is 1.49 bits per heavy atom. The highest BCUT2D eigenvalue weighted by atomic mass is 35.5. The van der Waals surface area contributed by atoms with Crippen molar-refractivity contribution in [2.75, 3.05) is 17.4 Å². The molecule has 41 heavy (non-hydrogen) atoms. The maximum atomic E-state index is 14.1. The molecule has 0 aliphatic rings. The summed E-state index contributed by atoms with van der Waals surface area (Å²) in [6.07, 6.45) is 0.960. The molecule has 0 saturated carbocycles. The van der Waals surface area contributed by atoms with Gasteiger partial charge in [0, 0.05) is 38.7 Å². The molecular formula is C29H31Cl4N3O4S. The quantitative estimate of drug-likeness (QED) is 0.224. The molecule has 0 spiro atoms. The predicted octanol–water partition coefficient (Wildman–Crippen LogP) is 7.14. The summed E-state index contributed by atoms with van der Waals surface area (Å²) in [5, 5.41) is 3.83. The van der Waals surface area contributed by atoms with E-state index in [-0.39, 0.29) is 39.5 Å². The zero-order valence-corrected chi connectivity index (χ0v) is 26.7. The Hall–Kier alpha value is -2.49. The number of anilines is 1. The number of sulfonamides is 1. The zero-order chi connectivity index (χ0) is 30.3. The molecule has 2 amide bonds. The van der Waals surface area contributed by atoms with Crippen LogP contribution < -0.4 is 9.62 Å². The second-order valence-corrected chi connectivity index (χ2v) is 12.9. The molecule has 0 heterocycles. The molecule has 3 rings (SSSR count). The number of carbonyl (C=O) groups is 2. The van der Waals surface area contributed by atoms with Crippen molar-refractivity contribution in [3.63, 3.8) is 0 Å². The zero-order valence-electron chi connectivity index (χ0n) is 22.8. The number of amides is 2. The first-order valence-corrected chi connectivity index (χ1v) is 15.9. The van der Waals surface area contributed by atoms with Crippen LogP contribution >= 0.6 is 46.4 Å². The monoisotopic (exact) mass is 657 g/mol. The van der Waals surface area contributed by atoms with Crippen molar-refractivity contribution in [1.82, 2.24) is 10.2 Å². The minimum atomic E-state index is -4.27. The van der Waals surface area contributed by atoms with Gasteiger partial charge in [0.15, 0.2) is 0 Å². The van der Waals surface area contributed by atoms with E-state index in [0.717, 1.165) is 9.87 Å². The van der Waals surface area contributed by atoms with Gasteiger partial charge in [-0.1, -0.05) is 84.0 Å². The molecule has 0 aromatic heterocycles. The van der Waals surface area contributed by atoms with Crippen LogP contribution in [0.15, 0.2) is 65.6 Å². The van der Waals surface area contributed by atoms with Crippen LogP contribution in [-0.2, 0) is 26.2 Å². The fourth-order valence-electron chi connectivity index (χ4n) is 4.19. The van der Waals surface area contributed by atoms with Crippen molar-refractivity contribution in [2.24, 2.45) is 0 Å². The predicted molar refractivity (Wildman–Crippen MR) is 167 cm³/mol. The molecule has 0 bridgehead atoms. The van der Waals surface area contributed by atoms with Gasteiger partial charge in [-0.2, -0.15) is 0 Å². The van der Waals surface area contributed by atoms with Gasteiger partial charge in [0.05, 0.1) is 10.6 Å². The molecule has 0 unspecified atom stereocenters. The summed E-state index contributed by atoms with van der Waals surface area (Å²) in [5.74, 6) is -1.02. The number of carbonyl (C=O) groups excluding carboxylic acids is 2. The Bertz CT molecular complexity index is 1460. The van der Waals surface area contributed by atoms with Gasteiger partial charge in [0.25, 0.3) is 10.0 Å². The fraction of sp³-hybridized carbons (Fsp3) is 0.310. The van der Waals surface area contributed by atoms with E-state index in [1.165, 1.54) is 35.2 Å². The summed E-state index contributed by atoms with van der Waals surface area (Å²) >= 11 is 25.3. The summed E-state index contributed by atoms with van der Waals surface area (Å²) in [6, 6.07) is 14.5. The van der Waals surface area contributed by atoms with E-state index in [2.05, 4.69) is 5.32 Å². The molecule has 0 aliphatic heterocycles. The number of halogens is 4. The van der Waals surface area contributed by atoms with Gasteiger partial charge < -0.3 is 10.2 Å². The van der Waals surface area contributed by atoms with Gasteiger partial charge in [-0.15, -0.1) is 0 Å². The molecule has 3 aromatic rings. The smallest absolute Gasteiger partial charge is 0.264 e. The third-order valence-electron chi connectivity index (χ3n) is 6.35. The molecule has 3 aromatic carbocycles. The number of hydrogen-bond acceptors (Lipinski definition) is 4. The summed E-state index contributed by atoms with van der Waals surface area (Å²) < 4.78 is 28.8. The number of benzene rings is 3. The second-order valence-electron chi connectivity index (χ2n) is 9.39. The van der Waals surface area contributed by atoms with Crippen LogP contribution in [0.3, 0.4) is 0 Å². The van der Waals surface area contributed by atoms with Crippen LogP contribution in [0.5, 0.6) is 0 Å². The Kier molecular flexibility index (Phi) is 11.8. The first kappa shape index (κ1) is 33.0. The van der Waals surface area contributed by atoms with E-state index in [0.29, 0.717) is 28.6 Å². The first-order chi connectivity index (χ1) is 19.4. The number of nitrogens with one attached hydrogen (secondary N) is 1. The lowest BCUT2D eigenvalue weighted by atomic mass is 10.1. The topological polar surface area (TPSA) is 86.8 Å². The van der Waals surface area contributed by atoms with Crippen LogP contribution in [0.25, 0.3) is 0 Å². The summed E-state index contributed by atoms with van der Waals surface area (Å²) in [5.41, 5.74) is 1.39. The van der Waals surface area contributed by atoms with Crippen molar-refractivity contribution in [1.29, 1.82) is 0 Å². The highest BCUT2D eigenvalue weighted by Gasteiger charge is 2.34. The van der Waals surface area contributed by atoms with Crippen LogP contribution in [-0.4, -0.2) is 44.3 Å². The summed E-state index contributed by atoms with van der Waals surface area (Å²) in [4.78, 5) is 28.6. The van der Waals surface area contributed by atoms with E-state index >= 15 is 0 Å². The van der Waals surface area contributed by atoms with E-state index in [1.54, 1.807) is 37.3 Å². The van der Waals surface area contributed by atoms with Gasteiger partial charge >= 0.3 is 0 Å². The standard InChI is InChI=1S/C29H31Cl4N3O4S/c1-4-13-34-29(38)27(5-2)35(17-24-25(32)7-6-8-26(24)33)28(37)18-36(22-15-20(30)14-21(31)16-22)41(39,40)23-11-9-19(3)10-12-23/h6-12,14-16,27H,4-5,13,17-18H2,1-3H3,(H,34,38)/t27-/m0/s1. The molecule has 7 nitrogen and oxygen atoms in total. The Labute approximate surface area is 261 Å². The van der Waals surface area contributed by atoms with E-state index in [4.69, 9.17) is 46.4 Å². The molecule has 220 valence electrons. The van der Waals surface area contributed by atoms with Crippen LogP contribution in [0.1, 0.15) is 37.8 Å². The van der Waals surface area contributed by atoms with Gasteiger partial charge in [-0.05, 0) is 62.2 Å². The lowest BCUT2D eigenvalue weighted by Crippen LogP contribution is -2.52. The highest BCUT2D eigenvalue weighted by Crippen LogP contribution is 2.31. The van der Waals surface area contributed by atoms with Crippen molar-refractivity contribution in [3.8, 4) is 0 Å². The molecule has 1 atom stereocenters. The summed E-state index contributed by atoms with van der Waals surface area (Å²) in [7, 11) is -4.27. The largest absolute Gasteiger partial charge is 0.354 e. The third kappa shape index (κ3) is 8.30. The number of aryl methyl sites for hydroxylation is 1. The molecule has 0 radical (unpaired) electrons. The lowest BCUT2D eigenvalue weighted by molar-refractivity contribution is -0.140. The van der Waals surface area contributed by atoms with Crippen molar-refractivity contribution in [2.45, 2.75) is 51.1 Å². The summed E-state index contributed by atoms with van der Waals surface area (Å²) in [6.45, 7) is 5.16. The first-order valence-electron chi connectivity index (χ1n) is 12.9. The molecular weight excluding hydrogens is 628 g/mol. The fourth-order valence-corrected chi connectivity index (χ4v) is 6.62. The Balaban J connectivity index is 2.12. The molecule has 1 N–H and O–H groups in total. The Morgan fingerprint density at radius 3 is 2.02 bits per heavy atom. The minimum Gasteiger partial charge on any atom is -0.354 e.